The molecule has 2 heterocycles. The molecule has 1 unspecified atom stereocenters. The maximum Gasteiger partial charge on any atom is 0.214 e. The van der Waals surface area contributed by atoms with Crippen LogP contribution in [-0.4, -0.2) is 86.9 Å². The van der Waals surface area contributed by atoms with Crippen LogP contribution in [0.3, 0.4) is 0 Å². The van der Waals surface area contributed by atoms with Crippen molar-refractivity contribution in [2.75, 3.05) is 50.0 Å². The largest absolute Gasteiger partial charge is 0.382 e. The maximum atomic E-state index is 12.8. The molecule has 0 radical (unpaired) electrons. The third-order valence-corrected chi connectivity index (χ3v) is 19.7. The van der Waals surface area contributed by atoms with Crippen LogP contribution in [0.5, 0.6) is 0 Å². The SMILES string of the molecule is COP(C)(=O)CS(=O)(=O)c1ccc(CC(=O)c2nc(-c3ccc(C)cc3)cnc2N)cc1.CO[P@@](C)(=O)CS(=O)(=O)c1ccc(CC(=O)c2nc(-c3ccc(C)cc3)cnc2N)cc1. The van der Waals surface area contributed by atoms with E-state index in [0.29, 0.717) is 22.5 Å². The van der Waals surface area contributed by atoms with Gasteiger partial charge in [0.1, 0.15) is 22.4 Å². The number of nitrogens with two attached hydrogens (primary N) is 2. The molecule has 16 nitrogen and oxygen atoms in total. The molecule has 0 aliphatic heterocycles. The van der Waals surface area contributed by atoms with E-state index in [1.54, 1.807) is 0 Å². The molecule has 336 valence electrons. The molecule has 4 aromatic carbocycles. The third-order valence-electron chi connectivity index (χ3n) is 9.70. The summed E-state index contributed by atoms with van der Waals surface area (Å²) in [6, 6.07) is 27.0. The minimum absolute atomic E-state index is 0.00787. The van der Waals surface area contributed by atoms with Gasteiger partial charge < -0.3 is 20.5 Å². The molecular formula is C44H48N6O10P2S2. The van der Waals surface area contributed by atoms with Crippen molar-refractivity contribution in [1.82, 2.24) is 19.9 Å². The minimum atomic E-state index is -3.79. The van der Waals surface area contributed by atoms with Crippen molar-refractivity contribution in [3.8, 4) is 22.5 Å². The topological polar surface area (TPSA) is 259 Å². The molecule has 0 spiro atoms. The highest BCUT2D eigenvalue weighted by molar-refractivity contribution is 7.98. The average Bonchev–Trinajstić information content (AvgIpc) is 3.24. The average molecular weight is 947 g/mol. The standard InChI is InChI=1S/2C22H24N3O5PS/c2*1-15-4-8-17(9-5-15)19-13-24-22(23)21(25-19)20(26)12-16-6-10-18(11-7-16)32(28,29)14-31(3,27)30-2/h2*4-11,13H,12,14H2,1-3H3,(H2,23,24)/t31-;/m1./s1. The van der Waals surface area contributed by atoms with Gasteiger partial charge >= 0.3 is 0 Å². The van der Waals surface area contributed by atoms with Gasteiger partial charge in [0.05, 0.1) is 33.6 Å². The van der Waals surface area contributed by atoms with Gasteiger partial charge in [0.2, 0.25) is 14.7 Å². The van der Waals surface area contributed by atoms with E-state index in [-0.39, 0.29) is 57.2 Å². The van der Waals surface area contributed by atoms with E-state index < -0.39 is 45.4 Å². The van der Waals surface area contributed by atoms with Crippen LogP contribution in [0, 0.1) is 13.8 Å². The van der Waals surface area contributed by atoms with Crippen LogP contribution in [0.1, 0.15) is 43.2 Å². The van der Waals surface area contributed by atoms with E-state index in [2.05, 4.69) is 19.9 Å². The van der Waals surface area contributed by atoms with E-state index in [1.807, 2.05) is 62.4 Å². The summed E-state index contributed by atoms with van der Waals surface area (Å²) in [6.07, 6.45) is 2.98. The van der Waals surface area contributed by atoms with Crippen LogP contribution in [0.2, 0.25) is 0 Å². The molecule has 6 aromatic rings. The fourth-order valence-electron chi connectivity index (χ4n) is 5.97. The number of aryl methyl sites for hydroxylation is 2. The van der Waals surface area contributed by atoms with Gasteiger partial charge in [-0.2, -0.15) is 0 Å². The quantitative estimate of drug-likeness (QED) is 0.0703. The van der Waals surface area contributed by atoms with Crippen molar-refractivity contribution in [1.29, 1.82) is 0 Å². The van der Waals surface area contributed by atoms with Gasteiger partial charge in [0.25, 0.3) is 0 Å². The monoisotopic (exact) mass is 946 g/mol. The summed E-state index contributed by atoms with van der Waals surface area (Å²) in [5, 5.41) is 0. The first-order chi connectivity index (χ1) is 30.0. The second-order valence-corrected chi connectivity index (χ2v) is 25.3. The van der Waals surface area contributed by atoms with Gasteiger partial charge in [0, 0.05) is 51.5 Å². The molecule has 6 rings (SSSR count). The van der Waals surface area contributed by atoms with E-state index in [9.17, 15) is 35.6 Å². The number of aromatic nitrogens is 4. The lowest BCUT2D eigenvalue weighted by atomic mass is 10.1. The zero-order valence-electron chi connectivity index (χ0n) is 36.0. The summed E-state index contributed by atoms with van der Waals surface area (Å²) in [5.41, 5.74) is 16.8. The van der Waals surface area contributed by atoms with E-state index >= 15 is 0 Å². The third kappa shape index (κ3) is 13.2. The Bertz CT molecular complexity index is 2780. The first-order valence-corrected chi connectivity index (χ1v) is 27.2. The Labute approximate surface area is 372 Å². The number of nitrogens with zero attached hydrogens (tertiary/aromatic N) is 4. The van der Waals surface area contributed by atoms with Crippen molar-refractivity contribution < 1.29 is 44.6 Å². The molecule has 0 amide bonds. The predicted octanol–water partition coefficient (Wildman–Crippen LogP) is 7.49. The van der Waals surface area contributed by atoms with Crippen LogP contribution < -0.4 is 11.5 Å². The molecule has 0 aliphatic rings. The van der Waals surface area contributed by atoms with Gasteiger partial charge in [-0.1, -0.05) is 83.9 Å². The Morgan fingerprint density at radius 3 is 1.16 bits per heavy atom. The van der Waals surface area contributed by atoms with Gasteiger partial charge in [-0.05, 0) is 49.2 Å². The lowest BCUT2D eigenvalue weighted by Gasteiger charge is -2.11. The van der Waals surface area contributed by atoms with Crippen molar-refractivity contribution in [3.63, 3.8) is 0 Å². The van der Waals surface area contributed by atoms with Gasteiger partial charge in [0.15, 0.2) is 42.9 Å². The summed E-state index contributed by atoms with van der Waals surface area (Å²) in [6.45, 7) is 6.49. The Balaban J connectivity index is 0.000000241. The molecule has 0 aliphatic carbocycles. The predicted molar refractivity (Wildman–Crippen MR) is 247 cm³/mol. The first-order valence-electron chi connectivity index (χ1n) is 19.3. The van der Waals surface area contributed by atoms with Crippen molar-refractivity contribution in [2.24, 2.45) is 0 Å². The minimum Gasteiger partial charge on any atom is -0.382 e. The highest BCUT2D eigenvalue weighted by Crippen LogP contribution is 2.45. The number of hydrogen-bond acceptors (Lipinski definition) is 16. The van der Waals surface area contributed by atoms with Crippen LogP contribution in [0.25, 0.3) is 22.5 Å². The number of hydrogen-bond donors (Lipinski definition) is 2. The van der Waals surface area contributed by atoms with Gasteiger partial charge in [-0.3, -0.25) is 18.7 Å². The molecule has 0 saturated heterocycles. The fourth-order valence-corrected chi connectivity index (χ4v) is 14.1. The fraction of sp³-hybridized carbons (Fsp3) is 0.227. The number of sulfone groups is 2. The smallest absolute Gasteiger partial charge is 0.214 e. The summed E-state index contributed by atoms with van der Waals surface area (Å²) in [5.74, 6) is -0.610. The zero-order chi connectivity index (χ0) is 47.0. The zero-order valence-corrected chi connectivity index (χ0v) is 39.4. The Morgan fingerprint density at radius 1 is 0.547 bits per heavy atom. The molecule has 2 aromatic heterocycles. The summed E-state index contributed by atoms with van der Waals surface area (Å²) >= 11 is 0. The number of benzene rings is 4. The molecule has 2 atom stereocenters. The molecular weight excluding hydrogens is 899 g/mol. The Morgan fingerprint density at radius 2 is 0.859 bits per heavy atom. The van der Waals surface area contributed by atoms with Crippen molar-refractivity contribution in [2.45, 2.75) is 36.5 Å². The van der Waals surface area contributed by atoms with E-state index in [4.69, 9.17) is 20.5 Å². The molecule has 0 fully saturated rings. The number of ketones is 2. The van der Waals surface area contributed by atoms with Crippen LogP contribution >= 0.6 is 14.7 Å². The normalized spacial score (nSPS) is 13.5. The molecule has 4 N–H and O–H groups in total. The highest BCUT2D eigenvalue weighted by Gasteiger charge is 2.28. The number of carbonyl (C=O) groups is 2. The second kappa shape index (κ2) is 20.4. The maximum absolute atomic E-state index is 12.8. The van der Waals surface area contributed by atoms with Crippen LogP contribution in [0.4, 0.5) is 11.6 Å². The van der Waals surface area contributed by atoms with E-state index in [0.717, 1.165) is 22.3 Å². The van der Waals surface area contributed by atoms with Gasteiger partial charge in [-0.25, -0.2) is 36.8 Å². The van der Waals surface area contributed by atoms with Crippen LogP contribution in [0.15, 0.2) is 119 Å². The summed E-state index contributed by atoms with van der Waals surface area (Å²) in [7, 11) is -11.6. The highest BCUT2D eigenvalue weighted by atomic mass is 32.2. The number of nitrogen functional groups attached to an aromatic ring is 2. The second-order valence-electron chi connectivity index (χ2n) is 15.1. The van der Waals surface area contributed by atoms with Crippen molar-refractivity contribution >= 4 is 57.6 Å². The number of anilines is 2. The molecule has 0 bridgehead atoms. The van der Waals surface area contributed by atoms with E-state index in [1.165, 1.54) is 88.5 Å². The Kier molecular flexibility index (Phi) is 15.7. The molecule has 20 heteroatoms. The number of carbonyl (C=O) groups excluding carboxylic acids is 2. The van der Waals surface area contributed by atoms with Crippen LogP contribution in [-0.2, 0) is 50.7 Å². The lowest BCUT2D eigenvalue weighted by Crippen LogP contribution is -2.12. The summed E-state index contributed by atoms with van der Waals surface area (Å²) < 4.78 is 83.5. The first kappa shape index (κ1) is 49.3. The summed E-state index contributed by atoms with van der Waals surface area (Å²) in [4.78, 5) is 42.7. The van der Waals surface area contributed by atoms with Crippen molar-refractivity contribution in [3.05, 3.63) is 143 Å². The number of rotatable bonds is 16. The number of Topliss-reactive ketones (excluding diaryl/α,β-unsaturated/α-hetero) is 2. The van der Waals surface area contributed by atoms with Gasteiger partial charge in [-0.15, -0.1) is 0 Å². The Hall–Kier alpha value is -5.74. The lowest BCUT2D eigenvalue weighted by molar-refractivity contribution is 0.0980. The molecule has 0 saturated carbocycles. The molecule has 64 heavy (non-hydrogen) atoms.